The molecule has 0 N–H and O–H groups in total. The summed E-state index contributed by atoms with van der Waals surface area (Å²) < 4.78 is 0. The fourth-order valence-electron chi connectivity index (χ4n) is 3.24. The lowest BCUT2D eigenvalue weighted by Crippen LogP contribution is -2.14. The third-order valence-corrected chi connectivity index (χ3v) is 4.29. The van der Waals surface area contributed by atoms with Crippen molar-refractivity contribution < 1.29 is 0 Å². The second-order valence-corrected chi connectivity index (χ2v) is 5.87. The van der Waals surface area contributed by atoms with Gasteiger partial charge >= 0.3 is 0 Å². The van der Waals surface area contributed by atoms with Crippen LogP contribution >= 0.6 is 0 Å². The van der Waals surface area contributed by atoms with Crippen LogP contribution in [-0.2, 0) is 6.42 Å². The van der Waals surface area contributed by atoms with Crippen LogP contribution in [0.5, 0.6) is 0 Å². The number of aryl methyl sites for hydroxylation is 1. The zero-order chi connectivity index (χ0) is 13.8. The van der Waals surface area contributed by atoms with Crippen molar-refractivity contribution in [1.82, 2.24) is 0 Å². The fourth-order valence-corrected chi connectivity index (χ4v) is 3.24. The van der Waals surface area contributed by atoms with E-state index in [0.717, 1.165) is 0 Å². The van der Waals surface area contributed by atoms with Crippen LogP contribution in [0.1, 0.15) is 68.6 Å². The molecule has 0 bridgehead atoms. The van der Waals surface area contributed by atoms with Gasteiger partial charge in [0.1, 0.15) is 0 Å². The summed E-state index contributed by atoms with van der Waals surface area (Å²) in [5, 5.41) is 0. The average Bonchev–Trinajstić information content (AvgIpc) is 2.43. The first-order valence-corrected chi connectivity index (χ1v) is 7.60. The van der Waals surface area contributed by atoms with Gasteiger partial charge in [0.2, 0.25) is 0 Å². The van der Waals surface area contributed by atoms with Gasteiger partial charge in [-0.2, -0.15) is 0 Å². The number of hydrogen-bond donors (Lipinski definition) is 0. The van der Waals surface area contributed by atoms with E-state index in [1.54, 1.807) is 0 Å². The minimum atomic E-state index is 0.559. The highest BCUT2D eigenvalue weighted by atomic mass is 14.3. The Morgan fingerprint density at radius 3 is 2.79 bits per heavy atom. The van der Waals surface area contributed by atoms with Crippen molar-refractivity contribution in [1.29, 1.82) is 0 Å². The molecule has 19 heavy (non-hydrogen) atoms. The van der Waals surface area contributed by atoms with Gasteiger partial charge < -0.3 is 0 Å². The lowest BCUT2D eigenvalue weighted by Gasteiger charge is -2.30. The predicted octanol–water partition coefficient (Wildman–Crippen LogP) is 5.89. The molecule has 1 aliphatic carbocycles. The molecule has 1 aromatic rings. The molecule has 0 heteroatoms. The van der Waals surface area contributed by atoms with Crippen LogP contribution in [0.2, 0.25) is 0 Å². The monoisotopic (exact) mass is 254 g/mol. The van der Waals surface area contributed by atoms with Crippen molar-refractivity contribution in [3.05, 3.63) is 53.6 Å². The molecule has 1 unspecified atom stereocenters. The third kappa shape index (κ3) is 3.00. The highest BCUT2D eigenvalue weighted by molar-refractivity contribution is 5.67. The number of rotatable bonds is 5. The van der Waals surface area contributed by atoms with Crippen molar-refractivity contribution in [2.24, 2.45) is 0 Å². The minimum absolute atomic E-state index is 0.559. The Hall–Kier alpha value is -1.30. The lowest BCUT2D eigenvalue weighted by molar-refractivity contribution is 0.583. The number of allylic oxidation sites excluding steroid dienone is 2. The fraction of sp³-hybridized carbons (Fsp3) is 0.474. The summed E-state index contributed by atoms with van der Waals surface area (Å²) >= 11 is 0. The number of fused-ring (bicyclic) bond motifs is 1. The molecule has 1 atom stereocenters. The molecule has 0 amide bonds. The van der Waals surface area contributed by atoms with Crippen LogP contribution < -0.4 is 0 Å². The van der Waals surface area contributed by atoms with E-state index >= 15 is 0 Å². The molecule has 2 rings (SSSR count). The summed E-state index contributed by atoms with van der Waals surface area (Å²) in [5.41, 5.74) is 7.03. The van der Waals surface area contributed by atoms with Crippen molar-refractivity contribution in [2.45, 2.75) is 58.3 Å². The van der Waals surface area contributed by atoms with Crippen LogP contribution in [0.25, 0.3) is 5.57 Å². The Kier molecular flexibility index (Phi) is 4.63. The Balaban J connectivity index is 2.36. The Morgan fingerprint density at radius 2 is 2.11 bits per heavy atom. The van der Waals surface area contributed by atoms with Gasteiger partial charge in [0.25, 0.3) is 0 Å². The first-order valence-electron chi connectivity index (χ1n) is 7.60. The first-order chi connectivity index (χ1) is 9.15. The zero-order valence-corrected chi connectivity index (χ0v) is 12.5. The van der Waals surface area contributed by atoms with E-state index in [1.807, 2.05) is 0 Å². The molecule has 102 valence electrons. The van der Waals surface area contributed by atoms with Gasteiger partial charge in [-0.1, -0.05) is 55.8 Å². The normalized spacial score (nSPS) is 17.9. The smallest absolute Gasteiger partial charge is 0.00543 e. The summed E-state index contributed by atoms with van der Waals surface area (Å²) in [7, 11) is 0. The first kappa shape index (κ1) is 14.1. The van der Waals surface area contributed by atoms with Crippen LogP contribution in [-0.4, -0.2) is 0 Å². The van der Waals surface area contributed by atoms with Gasteiger partial charge in [0.05, 0.1) is 0 Å². The Bertz CT molecular complexity index is 479. The molecule has 0 saturated heterocycles. The summed E-state index contributed by atoms with van der Waals surface area (Å²) in [5.74, 6) is 0.559. The van der Waals surface area contributed by atoms with E-state index in [-0.39, 0.29) is 0 Å². The van der Waals surface area contributed by atoms with Gasteiger partial charge in [0, 0.05) is 5.92 Å². The van der Waals surface area contributed by atoms with Gasteiger partial charge in [0.15, 0.2) is 0 Å². The molecule has 0 saturated carbocycles. The average molecular weight is 254 g/mol. The molecular weight excluding hydrogens is 228 g/mol. The second kappa shape index (κ2) is 6.23. The maximum absolute atomic E-state index is 4.39. The molecule has 0 aliphatic heterocycles. The number of hydrogen-bond acceptors (Lipinski definition) is 0. The Morgan fingerprint density at radius 1 is 1.32 bits per heavy atom. The highest BCUT2D eigenvalue weighted by Gasteiger charge is 2.24. The molecule has 1 aromatic carbocycles. The van der Waals surface area contributed by atoms with E-state index in [4.69, 9.17) is 0 Å². The molecule has 0 radical (unpaired) electrons. The quantitative estimate of drug-likeness (QED) is 0.575. The van der Waals surface area contributed by atoms with E-state index in [2.05, 4.69) is 45.2 Å². The largest absolute Gasteiger partial charge is 0.0992 e. The summed E-state index contributed by atoms with van der Waals surface area (Å²) in [6.07, 6.45) is 7.46. The molecule has 0 nitrogen and oxygen atoms in total. The van der Waals surface area contributed by atoms with Crippen LogP contribution in [0.3, 0.4) is 0 Å². The maximum atomic E-state index is 4.39. The Labute approximate surface area is 118 Å². The topological polar surface area (TPSA) is 0 Å². The SMILES string of the molecule is C=C(C)c1cccc2c1C(C(=C)CCCC)CCC2. The standard InChI is InChI=1S/C19H26/c1-5-6-9-15(4)18-13-8-11-16-10-7-12-17(14(2)3)19(16)18/h7,10,12,18H,2,4-6,8-9,11,13H2,1,3H3. The third-order valence-electron chi connectivity index (χ3n) is 4.29. The lowest BCUT2D eigenvalue weighted by atomic mass is 9.75. The van der Waals surface area contributed by atoms with E-state index in [0.29, 0.717) is 5.92 Å². The molecule has 0 fully saturated rings. The van der Waals surface area contributed by atoms with Crippen LogP contribution in [0.15, 0.2) is 36.9 Å². The zero-order valence-electron chi connectivity index (χ0n) is 12.5. The summed E-state index contributed by atoms with van der Waals surface area (Å²) in [4.78, 5) is 0. The van der Waals surface area contributed by atoms with Gasteiger partial charge in [-0.25, -0.2) is 0 Å². The van der Waals surface area contributed by atoms with Crippen molar-refractivity contribution >= 4 is 5.57 Å². The molecule has 0 heterocycles. The predicted molar refractivity (Wildman–Crippen MR) is 85.5 cm³/mol. The molecule has 0 spiro atoms. The maximum Gasteiger partial charge on any atom is 0.00543 e. The van der Waals surface area contributed by atoms with Crippen LogP contribution in [0, 0.1) is 0 Å². The van der Waals surface area contributed by atoms with Crippen molar-refractivity contribution in [3.63, 3.8) is 0 Å². The molecule has 1 aliphatic rings. The van der Waals surface area contributed by atoms with Gasteiger partial charge in [-0.3, -0.25) is 0 Å². The van der Waals surface area contributed by atoms with Crippen LogP contribution in [0.4, 0.5) is 0 Å². The number of unbranched alkanes of at least 4 members (excludes halogenated alkanes) is 1. The molecule has 0 aromatic heterocycles. The minimum Gasteiger partial charge on any atom is -0.0992 e. The van der Waals surface area contributed by atoms with E-state index in [9.17, 15) is 0 Å². The number of benzene rings is 1. The van der Waals surface area contributed by atoms with Crippen molar-refractivity contribution in [2.75, 3.05) is 0 Å². The summed E-state index contributed by atoms with van der Waals surface area (Å²) in [6, 6.07) is 6.70. The van der Waals surface area contributed by atoms with Crippen molar-refractivity contribution in [3.8, 4) is 0 Å². The van der Waals surface area contributed by atoms with E-state index in [1.165, 1.54) is 66.4 Å². The second-order valence-electron chi connectivity index (χ2n) is 5.87. The van der Waals surface area contributed by atoms with E-state index < -0.39 is 0 Å². The highest BCUT2D eigenvalue weighted by Crippen LogP contribution is 2.41. The van der Waals surface area contributed by atoms with Gasteiger partial charge in [-0.05, 0) is 55.7 Å². The summed E-state index contributed by atoms with van der Waals surface area (Å²) in [6.45, 7) is 12.9. The molecular formula is C19H26. The van der Waals surface area contributed by atoms with Gasteiger partial charge in [-0.15, -0.1) is 0 Å².